The molecule has 0 saturated carbocycles. The van der Waals surface area contributed by atoms with Gasteiger partial charge in [-0.15, -0.1) is 0 Å². The van der Waals surface area contributed by atoms with Crippen molar-refractivity contribution in [3.63, 3.8) is 0 Å². The molecular formula is C9H15N3O5. The average molecular weight is 245 g/mol. The zero-order valence-corrected chi connectivity index (χ0v) is 9.61. The van der Waals surface area contributed by atoms with Crippen LogP contribution in [0, 0.1) is 0 Å². The van der Waals surface area contributed by atoms with E-state index in [0.29, 0.717) is 0 Å². The summed E-state index contributed by atoms with van der Waals surface area (Å²) in [6.07, 6.45) is -2.56. The Hall–Kier alpha value is -0.890. The Morgan fingerprint density at radius 2 is 2.06 bits per heavy atom. The first-order valence-electron chi connectivity index (χ1n) is 5.27. The van der Waals surface area contributed by atoms with Gasteiger partial charge in [-0.3, -0.25) is 0 Å². The molecule has 2 heterocycles. The Morgan fingerprint density at radius 1 is 1.35 bits per heavy atom. The molecule has 0 bridgehead atoms. The first kappa shape index (κ1) is 12.6. The molecule has 0 spiro atoms. The third-order valence-electron chi connectivity index (χ3n) is 2.96. The summed E-state index contributed by atoms with van der Waals surface area (Å²) in [6, 6.07) is 0. The number of fused-ring (bicyclic) bond motifs is 1. The van der Waals surface area contributed by atoms with Crippen molar-refractivity contribution in [1.82, 2.24) is 0 Å². The Labute approximate surface area is 97.7 Å². The highest BCUT2D eigenvalue weighted by Gasteiger charge is 2.61. The summed E-state index contributed by atoms with van der Waals surface area (Å²) in [7, 11) is 0. The molecule has 17 heavy (non-hydrogen) atoms. The van der Waals surface area contributed by atoms with E-state index in [9.17, 15) is 10.2 Å². The number of nitrogens with zero attached hydrogens (tertiary/aromatic N) is 3. The van der Waals surface area contributed by atoms with Crippen LogP contribution in [0.25, 0.3) is 10.4 Å². The molecule has 0 aliphatic carbocycles. The van der Waals surface area contributed by atoms with Gasteiger partial charge in [0.15, 0.2) is 12.1 Å². The van der Waals surface area contributed by atoms with Crippen molar-refractivity contribution in [3.8, 4) is 0 Å². The lowest BCUT2D eigenvalue weighted by Crippen LogP contribution is -2.50. The molecule has 2 aliphatic rings. The van der Waals surface area contributed by atoms with E-state index in [4.69, 9.17) is 19.7 Å². The van der Waals surface area contributed by atoms with Crippen molar-refractivity contribution in [2.75, 3.05) is 13.2 Å². The van der Waals surface area contributed by atoms with Crippen LogP contribution in [0.15, 0.2) is 5.11 Å². The topological polar surface area (TPSA) is 117 Å². The maximum absolute atomic E-state index is 10.1. The molecule has 4 atom stereocenters. The Bertz CT molecular complexity index is 357. The maximum atomic E-state index is 10.1. The minimum Gasteiger partial charge on any atom is -0.393 e. The average Bonchev–Trinajstić information content (AvgIpc) is 2.69. The molecule has 2 rings (SSSR count). The highest BCUT2D eigenvalue weighted by molar-refractivity contribution is 5.04. The quantitative estimate of drug-likeness (QED) is 0.409. The molecule has 0 aromatic rings. The summed E-state index contributed by atoms with van der Waals surface area (Å²) < 4.78 is 16.4. The van der Waals surface area contributed by atoms with E-state index in [1.54, 1.807) is 13.8 Å². The van der Waals surface area contributed by atoms with Crippen LogP contribution in [0.4, 0.5) is 0 Å². The van der Waals surface area contributed by atoms with Crippen molar-refractivity contribution >= 4 is 0 Å². The lowest BCUT2D eigenvalue weighted by molar-refractivity contribution is -0.243. The highest BCUT2D eigenvalue weighted by atomic mass is 16.8. The fraction of sp³-hybridized carbons (Fsp3) is 1.00. The van der Waals surface area contributed by atoms with Gasteiger partial charge >= 0.3 is 0 Å². The predicted molar refractivity (Wildman–Crippen MR) is 54.7 cm³/mol. The Kier molecular flexibility index (Phi) is 3.03. The zero-order valence-electron chi connectivity index (χ0n) is 9.61. The van der Waals surface area contributed by atoms with Crippen molar-refractivity contribution in [2.24, 2.45) is 5.11 Å². The van der Waals surface area contributed by atoms with Gasteiger partial charge in [-0.2, -0.15) is 0 Å². The highest BCUT2D eigenvalue weighted by Crippen LogP contribution is 2.42. The second kappa shape index (κ2) is 4.09. The molecule has 2 saturated heterocycles. The van der Waals surface area contributed by atoms with Crippen LogP contribution in [-0.4, -0.2) is 53.3 Å². The molecule has 96 valence electrons. The second-order valence-electron chi connectivity index (χ2n) is 4.64. The van der Waals surface area contributed by atoms with Crippen molar-refractivity contribution < 1.29 is 24.4 Å². The molecule has 0 radical (unpaired) electrons. The van der Waals surface area contributed by atoms with Gasteiger partial charge in [-0.1, -0.05) is 5.11 Å². The SMILES string of the molecule is CC1(C)O[C@H]2O[C@](CO)(CN=[N+]=[N-])[C@H](O)[C@H]2O1. The lowest BCUT2D eigenvalue weighted by atomic mass is 9.96. The summed E-state index contributed by atoms with van der Waals surface area (Å²) in [6.45, 7) is 2.75. The van der Waals surface area contributed by atoms with Crippen molar-refractivity contribution in [1.29, 1.82) is 0 Å². The third-order valence-corrected chi connectivity index (χ3v) is 2.96. The molecule has 0 amide bonds. The van der Waals surface area contributed by atoms with E-state index in [1.807, 2.05) is 0 Å². The van der Waals surface area contributed by atoms with Gasteiger partial charge in [0, 0.05) is 4.91 Å². The molecule has 2 aliphatic heterocycles. The summed E-state index contributed by atoms with van der Waals surface area (Å²) in [5, 5.41) is 22.7. The lowest BCUT2D eigenvalue weighted by Gasteiger charge is -2.31. The summed E-state index contributed by atoms with van der Waals surface area (Å²) in [5.41, 5.74) is 6.94. The molecule has 8 nitrogen and oxygen atoms in total. The van der Waals surface area contributed by atoms with E-state index < -0.39 is 36.5 Å². The van der Waals surface area contributed by atoms with Crippen LogP contribution in [0.5, 0.6) is 0 Å². The monoisotopic (exact) mass is 245 g/mol. The number of hydrogen-bond acceptors (Lipinski definition) is 6. The maximum Gasteiger partial charge on any atom is 0.190 e. The van der Waals surface area contributed by atoms with Gasteiger partial charge in [0.2, 0.25) is 0 Å². The Morgan fingerprint density at radius 3 is 2.59 bits per heavy atom. The normalized spacial score (nSPS) is 43.2. The number of ether oxygens (including phenoxy) is 3. The summed E-state index contributed by atoms with van der Waals surface area (Å²) in [5.74, 6) is -0.837. The summed E-state index contributed by atoms with van der Waals surface area (Å²) in [4.78, 5) is 2.59. The van der Waals surface area contributed by atoms with E-state index in [1.165, 1.54) is 0 Å². The van der Waals surface area contributed by atoms with E-state index in [-0.39, 0.29) is 6.54 Å². The van der Waals surface area contributed by atoms with Crippen molar-refractivity contribution in [2.45, 2.75) is 43.7 Å². The van der Waals surface area contributed by atoms with Crippen LogP contribution in [-0.2, 0) is 14.2 Å². The smallest absolute Gasteiger partial charge is 0.190 e. The second-order valence-corrected chi connectivity index (χ2v) is 4.64. The van der Waals surface area contributed by atoms with E-state index in [2.05, 4.69) is 10.0 Å². The number of rotatable bonds is 3. The van der Waals surface area contributed by atoms with E-state index in [0.717, 1.165) is 0 Å². The zero-order chi connectivity index (χ0) is 12.7. The molecule has 8 heteroatoms. The molecule has 2 N–H and O–H groups in total. The standard InChI is InChI=1S/C9H15N3O5/c1-8(2)15-5-6(14)9(4-13,3-11-12-10)17-7(5)16-8/h5-7,13-14H,3-4H2,1-2H3/t5-,6-,7+,9+/m1/s1. The minimum atomic E-state index is -1.35. The van der Waals surface area contributed by atoms with Gasteiger partial charge in [-0.05, 0) is 19.4 Å². The number of aliphatic hydroxyl groups is 2. The van der Waals surface area contributed by atoms with Crippen LogP contribution in [0.1, 0.15) is 13.8 Å². The van der Waals surface area contributed by atoms with Gasteiger partial charge in [-0.25, -0.2) is 0 Å². The van der Waals surface area contributed by atoms with Gasteiger partial charge < -0.3 is 24.4 Å². The first-order chi connectivity index (χ1) is 7.94. The first-order valence-corrected chi connectivity index (χ1v) is 5.27. The molecule has 2 fully saturated rings. The van der Waals surface area contributed by atoms with Gasteiger partial charge in [0.1, 0.15) is 17.8 Å². The predicted octanol–water partition coefficient (Wildman–Crippen LogP) is -0.104. The van der Waals surface area contributed by atoms with E-state index >= 15 is 0 Å². The van der Waals surface area contributed by atoms with Crippen LogP contribution < -0.4 is 0 Å². The van der Waals surface area contributed by atoms with Crippen LogP contribution in [0.3, 0.4) is 0 Å². The molecular weight excluding hydrogens is 230 g/mol. The largest absolute Gasteiger partial charge is 0.393 e. The summed E-state index contributed by atoms with van der Waals surface area (Å²) >= 11 is 0. The minimum absolute atomic E-state index is 0.179. The van der Waals surface area contributed by atoms with Crippen LogP contribution in [0.2, 0.25) is 0 Å². The number of aliphatic hydroxyl groups excluding tert-OH is 2. The molecule has 0 unspecified atom stereocenters. The Balaban J connectivity index is 2.17. The fourth-order valence-electron chi connectivity index (χ4n) is 2.13. The molecule has 0 aromatic carbocycles. The van der Waals surface area contributed by atoms with Gasteiger partial charge in [0.05, 0.1) is 13.2 Å². The number of hydrogen-bond donors (Lipinski definition) is 2. The third kappa shape index (κ3) is 1.99. The van der Waals surface area contributed by atoms with Crippen LogP contribution >= 0.6 is 0 Å². The molecule has 0 aromatic heterocycles. The van der Waals surface area contributed by atoms with Crippen molar-refractivity contribution in [3.05, 3.63) is 10.4 Å². The fourth-order valence-corrected chi connectivity index (χ4v) is 2.13. The number of azide groups is 1. The van der Waals surface area contributed by atoms with Gasteiger partial charge in [0.25, 0.3) is 0 Å².